The maximum Gasteiger partial charge on any atom is 0.317 e. The predicted molar refractivity (Wildman–Crippen MR) is 53.0 cm³/mol. The van der Waals surface area contributed by atoms with Gasteiger partial charge in [0.1, 0.15) is 0 Å². The highest BCUT2D eigenvalue weighted by Crippen LogP contribution is 1.93. The Morgan fingerprint density at radius 1 is 1.36 bits per heavy atom. The molecule has 82 valence electrons. The maximum absolute atomic E-state index is 11.3. The molecule has 0 fully saturated rings. The summed E-state index contributed by atoms with van der Waals surface area (Å²) >= 11 is 0. The molecule has 5 heteroatoms. The number of methoxy groups -OCH3 is 1. The molecule has 0 heterocycles. The highest BCUT2D eigenvalue weighted by Gasteiger charge is 2.11. The summed E-state index contributed by atoms with van der Waals surface area (Å²) in [6.07, 6.45) is 0.238. The first-order valence-corrected chi connectivity index (χ1v) is 4.75. The Morgan fingerprint density at radius 3 is 2.43 bits per heavy atom. The molecule has 0 spiro atoms. The standard InChI is InChI=1S/C9H18N2O3/c1-4-10-9(13)11(5-2)7-6-8(12)14-3/h4-7H2,1-3H3,(H,10,13). The summed E-state index contributed by atoms with van der Waals surface area (Å²) in [5.41, 5.74) is 0. The van der Waals surface area contributed by atoms with Gasteiger partial charge in [-0.25, -0.2) is 4.79 Å². The lowest BCUT2D eigenvalue weighted by Gasteiger charge is -2.20. The van der Waals surface area contributed by atoms with E-state index >= 15 is 0 Å². The molecule has 0 aromatic heterocycles. The van der Waals surface area contributed by atoms with Crippen LogP contribution in [-0.4, -0.2) is 43.6 Å². The van der Waals surface area contributed by atoms with Gasteiger partial charge in [-0.1, -0.05) is 0 Å². The molecule has 0 aliphatic heterocycles. The van der Waals surface area contributed by atoms with Crippen molar-refractivity contribution in [2.45, 2.75) is 20.3 Å². The molecular formula is C9H18N2O3. The first-order valence-electron chi connectivity index (χ1n) is 4.75. The van der Waals surface area contributed by atoms with Gasteiger partial charge in [-0.05, 0) is 13.8 Å². The molecule has 14 heavy (non-hydrogen) atoms. The molecule has 0 aliphatic rings. The van der Waals surface area contributed by atoms with E-state index in [9.17, 15) is 9.59 Å². The Labute approximate surface area is 84.4 Å². The van der Waals surface area contributed by atoms with Crippen LogP contribution in [0.3, 0.4) is 0 Å². The number of esters is 1. The minimum atomic E-state index is -0.298. The number of carbonyl (C=O) groups excluding carboxylic acids is 2. The van der Waals surface area contributed by atoms with E-state index in [1.54, 1.807) is 4.90 Å². The average Bonchev–Trinajstić information content (AvgIpc) is 2.18. The molecule has 5 nitrogen and oxygen atoms in total. The zero-order valence-corrected chi connectivity index (χ0v) is 9.00. The van der Waals surface area contributed by atoms with Gasteiger partial charge in [0.25, 0.3) is 0 Å². The largest absolute Gasteiger partial charge is 0.469 e. The molecule has 0 bridgehead atoms. The van der Waals surface area contributed by atoms with Crippen LogP contribution in [0.4, 0.5) is 4.79 Å². The quantitative estimate of drug-likeness (QED) is 0.664. The highest BCUT2D eigenvalue weighted by atomic mass is 16.5. The fraction of sp³-hybridized carbons (Fsp3) is 0.778. The van der Waals surface area contributed by atoms with Crippen molar-refractivity contribution in [3.8, 4) is 0 Å². The molecule has 0 saturated heterocycles. The number of nitrogens with zero attached hydrogens (tertiary/aromatic N) is 1. The van der Waals surface area contributed by atoms with Crippen molar-refractivity contribution in [1.82, 2.24) is 10.2 Å². The van der Waals surface area contributed by atoms with Crippen LogP contribution in [0, 0.1) is 0 Å². The van der Waals surface area contributed by atoms with Crippen LogP contribution in [0.2, 0.25) is 0 Å². The Morgan fingerprint density at radius 2 is 2.00 bits per heavy atom. The molecule has 0 radical (unpaired) electrons. The summed E-state index contributed by atoms with van der Waals surface area (Å²) in [6.45, 7) is 5.30. The third-order valence-corrected chi connectivity index (χ3v) is 1.81. The first kappa shape index (κ1) is 12.7. The number of rotatable bonds is 5. The number of hydrogen-bond donors (Lipinski definition) is 1. The summed E-state index contributed by atoms with van der Waals surface area (Å²) in [7, 11) is 1.34. The summed E-state index contributed by atoms with van der Waals surface area (Å²) in [6, 6.07) is -0.140. The second-order valence-corrected chi connectivity index (χ2v) is 2.74. The fourth-order valence-electron chi connectivity index (χ4n) is 0.995. The molecule has 0 rings (SSSR count). The molecule has 0 aromatic carbocycles. The number of hydrogen-bond acceptors (Lipinski definition) is 3. The average molecular weight is 202 g/mol. The van der Waals surface area contributed by atoms with Crippen molar-refractivity contribution >= 4 is 12.0 Å². The summed E-state index contributed by atoms with van der Waals surface area (Å²) in [4.78, 5) is 23.7. The van der Waals surface area contributed by atoms with Gasteiger partial charge < -0.3 is 15.0 Å². The molecule has 0 saturated carbocycles. The lowest BCUT2D eigenvalue weighted by atomic mass is 10.4. The van der Waals surface area contributed by atoms with E-state index in [4.69, 9.17) is 0 Å². The SMILES string of the molecule is CCNC(=O)N(CC)CCC(=O)OC. The molecule has 0 atom stereocenters. The summed E-state index contributed by atoms with van der Waals surface area (Å²) in [5.74, 6) is -0.298. The Balaban J connectivity index is 3.90. The van der Waals surface area contributed by atoms with Crippen molar-refractivity contribution in [3.05, 3.63) is 0 Å². The van der Waals surface area contributed by atoms with Gasteiger partial charge in [0.15, 0.2) is 0 Å². The van der Waals surface area contributed by atoms with Crippen molar-refractivity contribution in [2.75, 3.05) is 26.7 Å². The lowest BCUT2D eigenvalue weighted by Crippen LogP contribution is -2.40. The molecular weight excluding hydrogens is 184 g/mol. The number of urea groups is 1. The van der Waals surface area contributed by atoms with Crippen LogP contribution in [0.1, 0.15) is 20.3 Å². The lowest BCUT2D eigenvalue weighted by molar-refractivity contribution is -0.140. The predicted octanol–water partition coefficient (Wildman–Crippen LogP) is 0.601. The minimum absolute atomic E-state index is 0.140. The van der Waals surface area contributed by atoms with E-state index in [2.05, 4.69) is 10.1 Å². The second-order valence-electron chi connectivity index (χ2n) is 2.74. The third kappa shape index (κ3) is 4.69. The zero-order chi connectivity index (χ0) is 11.0. The van der Waals surface area contributed by atoms with Gasteiger partial charge in [-0.2, -0.15) is 0 Å². The molecule has 0 aromatic rings. The van der Waals surface area contributed by atoms with Crippen molar-refractivity contribution in [3.63, 3.8) is 0 Å². The molecule has 2 amide bonds. The van der Waals surface area contributed by atoms with Gasteiger partial charge in [-0.3, -0.25) is 4.79 Å². The third-order valence-electron chi connectivity index (χ3n) is 1.81. The van der Waals surface area contributed by atoms with Gasteiger partial charge in [0, 0.05) is 19.6 Å². The minimum Gasteiger partial charge on any atom is -0.469 e. The van der Waals surface area contributed by atoms with E-state index < -0.39 is 0 Å². The van der Waals surface area contributed by atoms with Crippen LogP contribution in [0.5, 0.6) is 0 Å². The van der Waals surface area contributed by atoms with Gasteiger partial charge in [-0.15, -0.1) is 0 Å². The zero-order valence-electron chi connectivity index (χ0n) is 9.00. The monoisotopic (exact) mass is 202 g/mol. The van der Waals surface area contributed by atoms with E-state index in [0.717, 1.165) is 0 Å². The van der Waals surface area contributed by atoms with E-state index in [-0.39, 0.29) is 18.4 Å². The fourth-order valence-corrected chi connectivity index (χ4v) is 0.995. The van der Waals surface area contributed by atoms with E-state index in [1.165, 1.54) is 7.11 Å². The Bertz CT molecular complexity index is 194. The van der Waals surface area contributed by atoms with Crippen LogP contribution in [-0.2, 0) is 9.53 Å². The molecule has 1 N–H and O–H groups in total. The van der Waals surface area contributed by atoms with Crippen molar-refractivity contribution < 1.29 is 14.3 Å². The normalized spacial score (nSPS) is 9.36. The maximum atomic E-state index is 11.3. The number of carbonyl (C=O) groups is 2. The van der Waals surface area contributed by atoms with Crippen LogP contribution in [0.15, 0.2) is 0 Å². The highest BCUT2D eigenvalue weighted by molar-refractivity contribution is 5.75. The summed E-state index contributed by atoms with van der Waals surface area (Å²) in [5, 5.41) is 2.67. The summed E-state index contributed by atoms with van der Waals surface area (Å²) < 4.78 is 4.49. The van der Waals surface area contributed by atoms with Crippen LogP contribution in [0.25, 0.3) is 0 Å². The Hall–Kier alpha value is -1.26. The van der Waals surface area contributed by atoms with E-state index in [1.807, 2.05) is 13.8 Å². The smallest absolute Gasteiger partial charge is 0.317 e. The van der Waals surface area contributed by atoms with Crippen molar-refractivity contribution in [1.29, 1.82) is 0 Å². The second kappa shape index (κ2) is 7.17. The first-order chi connectivity index (χ1) is 6.65. The van der Waals surface area contributed by atoms with Crippen molar-refractivity contribution in [2.24, 2.45) is 0 Å². The number of amides is 2. The Kier molecular flexibility index (Phi) is 6.53. The van der Waals surface area contributed by atoms with Crippen LogP contribution >= 0.6 is 0 Å². The number of nitrogens with one attached hydrogen (secondary N) is 1. The van der Waals surface area contributed by atoms with Crippen LogP contribution < -0.4 is 5.32 Å². The van der Waals surface area contributed by atoms with Gasteiger partial charge >= 0.3 is 12.0 Å². The number of ether oxygens (including phenoxy) is 1. The molecule has 0 unspecified atom stereocenters. The molecule has 0 aliphatic carbocycles. The topological polar surface area (TPSA) is 58.6 Å². The van der Waals surface area contributed by atoms with Gasteiger partial charge in [0.2, 0.25) is 0 Å². The van der Waals surface area contributed by atoms with Gasteiger partial charge in [0.05, 0.1) is 13.5 Å². The van der Waals surface area contributed by atoms with E-state index in [0.29, 0.717) is 19.6 Å².